The van der Waals surface area contributed by atoms with Crippen molar-refractivity contribution in [2.75, 3.05) is 14.2 Å². The van der Waals surface area contributed by atoms with Crippen molar-refractivity contribution in [2.24, 2.45) is 0 Å². The quantitative estimate of drug-likeness (QED) is 0.440. The summed E-state index contributed by atoms with van der Waals surface area (Å²) in [5.41, 5.74) is 1.45. The van der Waals surface area contributed by atoms with E-state index in [0.717, 1.165) is 0 Å². The fourth-order valence-corrected chi connectivity index (χ4v) is 3.96. The van der Waals surface area contributed by atoms with E-state index in [0.29, 0.717) is 34.3 Å². The molecule has 0 bridgehead atoms. The normalized spacial score (nSPS) is 15.3. The van der Waals surface area contributed by atoms with Gasteiger partial charge >= 0.3 is 5.97 Å². The van der Waals surface area contributed by atoms with E-state index in [-0.39, 0.29) is 23.6 Å². The molecular weight excluding hydrogens is 451 g/mol. The molecule has 8 heteroatoms. The van der Waals surface area contributed by atoms with Crippen LogP contribution in [0.4, 0.5) is 4.39 Å². The second-order valence-electron chi connectivity index (χ2n) is 7.71. The number of hydrogen-bond acceptors (Lipinski definition) is 6. The zero-order valence-electron chi connectivity index (χ0n) is 19.4. The minimum Gasteiger partial charge on any atom is -0.493 e. The lowest BCUT2D eigenvalue weighted by atomic mass is 9.83. The predicted octanol–water partition coefficient (Wildman–Crippen LogP) is 5.17. The third kappa shape index (κ3) is 4.62. The highest BCUT2D eigenvalue weighted by atomic mass is 19.1. The second kappa shape index (κ2) is 10.2. The molecule has 35 heavy (non-hydrogen) atoms. The molecule has 0 unspecified atom stereocenters. The molecule has 0 fully saturated rings. The number of ether oxygens (including phenoxy) is 4. The fourth-order valence-electron chi connectivity index (χ4n) is 3.96. The van der Waals surface area contributed by atoms with E-state index in [2.05, 4.69) is 6.07 Å². The molecule has 7 nitrogen and oxygen atoms in total. The second-order valence-corrected chi connectivity index (χ2v) is 7.71. The first-order chi connectivity index (χ1) is 17.0. The Labute approximate surface area is 202 Å². The molecule has 2 heterocycles. The number of allylic oxidation sites excluding steroid dienone is 2. The highest BCUT2D eigenvalue weighted by Gasteiger charge is 2.37. The van der Waals surface area contributed by atoms with Crippen LogP contribution in [0, 0.1) is 17.1 Å². The lowest BCUT2D eigenvalue weighted by Gasteiger charge is -2.28. The van der Waals surface area contributed by atoms with E-state index in [1.165, 1.54) is 20.3 Å². The number of nitriles is 1. The molecule has 1 aromatic heterocycles. The van der Waals surface area contributed by atoms with Crippen molar-refractivity contribution in [1.82, 2.24) is 4.57 Å². The summed E-state index contributed by atoms with van der Waals surface area (Å²) < 4.78 is 37.9. The first-order valence-electron chi connectivity index (χ1n) is 10.8. The molecular formula is C27H23FN2O5. The third-order valence-electron chi connectivity index (χ3n) is 5.66. The molecule has 4 rings (SSSR count). The van der Waals surface area contributed by atoms with Crippen molar-refractivity contribution in [3.05, 3.63) is 101 Å². The van der Waals surface area contributed by atoms with E-state index < -0.39 is 11.9 Å². The monoisotopic (exact) mass is 474 g/mol. The molecule has 0 amide bonds. The summed E-state index contributed by atoms with van der Waals surface area (Å²) in [5.74, 6) is -0.365. The number of halogens is 1. The van der Waals surface area contributed by atoms with Crippen LogP contribution in [-0.2, 0) is 20.9 Å². The molecule has 1 aliphatic rings. The van der Waals surface area contributed by atoms with Crippen molar-refractivity contribution in [1.29, 1.82) is 5.26 Å². The predicted molar refractivity (Wildman–Crippen MR) is 126 cm³/mol. The summed E-state index contributed by atoms with van der Waals surface area (Å²) in [7, 11) is 2.75. The van der Waals surface area contributed by atoms with Gasteiger partial charge in [-0.15, -0.1) is 0 Å². The van der Waals surface area contributed by atoms with Gasteiger partial charge in [0.25, 0.3) is 0 Å². The molecule has 0 saturated heterocycles. The molecule has 0 saturated carbocycles. The Morgan fingerprint density at radius 3 is 2.51 bits per heavy atom. The van der Waals surface area contributed by atoms with Crippen LogP contribution < -0.4 is 9.47 Å². The SMILES string of the molecule is COC(=O)C1=C(C)OC(n2cccc2)=C(C#N)[C@H]1c1ccc(OCc2ccccc2F)c(OC)c1. The number of nitrogens with zero attached hydrogens (tertiary/aromatic N) is 2. The van der Waals surface area contributed by atoms with Crippen LogP contribution in [0.3, 0.4) is 0 Å². The van der Waals surface area contributed by atoms with Gasteiger partial charge in [-0.25, -0.2) is 9.18 Å². The molecule has 0 radical (unpaired) electrons. The number of esters is 1. The summed E-state index contributed by atoms with van der Waals surface area (Å²) in [5, 5.41) is 10.1. The van der Waals surface area contributed by atoms with E-state index >= 15 is 0 Å². The fraction of sp³-hybridized carbons (Fsp3) is 0.185. The average Bonchev–Trinajstić information content (AvgIpc) is 3.42. The van der Waals surface area contributed by atoms with E-state index in [1.54, 1.807) is 72.4 Å². The number of benzene rings is 2. The molecule has 0 spiro atoms. The molecule has 178 valence electrons. The van der Waals surface area contributed by atoms with Crippen molar-refractivity contribution in [2.45, 2.75) is 19.4 Å². The summed E-state index contributed by atoms with van der Waals surface area (Å²) in [6.07, 6.45) is 3.50. The molecule has 1 atom stereocenters. The summed E-state index contributed by atoms with van der Waals surface area (Å²) in [4.78, 5) is 12.7. The number of aromatic nitrogens is 1. The molecule has 2 aromatic carbocycles. The van der Waals surface area contributed by atoms with E-state index in [9.17, 15) is 14.4 Å². The lowest BCUT2D eigenvalue weighted by molar-refractivity contribution is -0.136. The first kappa shape index (κ1) is 23.6. The van der Waals surface area contributed by atoms with Gasteiger partial charge in [0.05, 0.1) is 25.7 Å². The number of methoxy groups -OCH3 is 2. The van der Waals surface area contributed by atoms with Gasteiger partial charge in [-0.3, -0.25) is 4.57 Å². The Morgan fingerprint density at radius 2 is 1.86 bits per heavy atom. The lowest BCUT2D eigenvalue weighted by Crippen LogP contribution is -2.23. The maximum atomic E-state index is 14.0. The number of carbonyl (C=O) groups is 1. The Hall–Kier alpha value is -4.51. The third-order valence-corrected chi connectivity index (χ3v) is 5.66. The maximum absolute atomic E-state index is 14.0. The number of carbonyl (C=O) groups excluding carboxylic acids is 1. The van der Waals surface area contributed by atoms with Crippen LogP contribution >= 0.6 is 0 Å². The topological polar surface area (TPSA) is 82.7 Å². The van der Waals surface area contributed by atoms with Gasteiger partial charge in [0, 0.05) is 18.0 Å². The Morgan fingerprint density at radius 1 is 1.11 bits per heavy atom. The average molecular weight is 474 g/mol. The largest absolute Gasteiger partial charge is 0.493 e. The van der Waals surface area contributed by atoms with Crippen LogP contribution in [0.15, 0.2) is 83.9 Å². The minimum absolute atomic E-state index is 0.00714. The van der Waals surface area contributed by atoms with Crippen LogP contribution in [0.25, 0.3) is 5.88 Å². The van der Waals surface area contributed by atoms with Crippen LogP contribution in [0.1, 0.15) is 24.0 Å². The zero-order valence-corrected chi connectivity index (χ0v) is 19.4. The Kier molecular flexibility index (Phi) is 6.88. The van der Waals surface area contributed by atoms with Gasteiger partial charge in [-0.1, -0.05) is 24.3 Å². The van der Waals surface area contributed by atoms with Crippen molar-refractivity contribution >= 4 is 11.9 Å². The van der Waals surface area contributed by atoms with Crippen LogP contribution in [0.5, 0.6) is 11.5 Å². The van der Waals surface area contributed by atoms with Crippen molar-refractivity contribution in [3.63, 3.8) is 0 Å². The Balaban J connectivity index is 1.77. The van der Waals surface area contributed by atoms with Gasteiger partial charge < -0.3 is 18.9 Å². The smallest absolute Gasteiger partial charge is 0.338 e. The molecule has 0 aliphatic carbocycles. The van der Waals surface area contributed by atoms with E-state index in [1.807, 2.05) is 0 Å². The standard InChI is InChI=1S/C27H23FN2O5/c1-17-24(27(31)33-3)25(20(15-29)26(35-17)30-12-6-7-13-30)18-10-11-22(23(14-18)32-2)34-16-19-8-4-5-9-21(19)28/h4-14,25H,16H2,1-3H3/t25-/m1/s1. The summed E-state index contributed by atoms with van der Waals surface area (Å²) in [6, 6.07) is 17.2. The molecule has 3 aromatic rings. The maximum Gasteiger partial charge on any atom is 0.338 e. The Bertz CT molecular complexity index is 1350. The van der Waals surface area contributed by atoms with Gasteiger partial charge in [-0.05, 0) is 42.8 Å². The number of rotatable bonds is 7. The summed E-state index contributed by atoms with van der Waals surface area (Å²) >= 11 is 0. The van der Waals surface area contributed by atoms with E-state index in [4.69, 9.17) is 18.9 Å². The minimum atomic E-state index is -0.770. The molecule has 1 aliphatic heterocycles. The van der Waals surface area contributed by atoms with Gasteiger partial charge in [0.15, 0.2) is 11.5 Å². The highest BCUT2D eigenvalue weighted by Crippen LogP contribution is 2.44. The molecule has 0 N–H and O–H groups in total. The van der Waals surface area contributed by atoms with Gasteiger partial charge in [0.2, 0.25) is 5.88 Å². The van der Waals surface area contributed by atoms with Crippen molar-refractivity contribution < 1.29 is 28.1 Å². The number of hydrogen-bond donors (Lipinski definition) is 0. The van der Waals surface area contributed by atoms with Crippen LogP contribution in [-0.4, -0.2) is 24.8 Å². The summed E-state index contributed by atoms with van der Waals surface area (Å²) in [6.45, 7) is 1.66. The first-order valence-corrected chi connectivity index (χ1v) is 10.8. The van der Waals surface area contributed by atoms with Gasteiger partial charge in [-0.2, -0.15) is 5.26 Å². The zero-order chi connectivity index (χ0) is 24.9. The van der Waals surface area contributed by atoms with Crippen LogP contribution in [0.2, 0.25) is 0 Å². The van der Waals surface area contributed by atoms with Gasteiger partial charge in [0.1, 0.15) is 29.8 Å². The highest BCUT2D eigenvalue weighted by molar-refractivity contribution is 5.93. The van der Waals surface area contributed by atoms with Crippen molar-refractivity contribution in [3.8, 4) is 17.6 Å².